The van der Waals surface area contributed by atoms with Crippen molar-refractivity contribution in [1.29, 1.82) is 0 Å². The van der Waals surface area contributed by atoms with Crippen molar-refractivity contribution < 1.29 is 15.3 Å². The highest BCUT2D eigenvalue weighted by atomic mass is 16.3. The summed E-state index contributed by atoms with van der Waals surface area (Å²) in [6, 6.07) is 3.25. The van der Waals surface area contributed by atoms with Crippen LogP contribution in [0.25, 0.3) is 6.08 Å². The zero-order valence-electron chi connectivity index (χ0n) is 7.20. The van der Waals surface area contributed by atoms with E-state index in [0.717, 1.165) is 5.56 Å². The molecule has 70 valence electrons. The fourth-order valence-electron chi connectivity index (χ4n) is 1.15. The van der Waals surface area contributed by atoms with Crippen LogP contribution >= 0.6 is 0 Å². The molecule has 0 saturated carbocycles. The van der Waals surface area contributed by atoms with E-state index in [-0.39, 0.29) is 19.0 Å². The number of hydrogen-bond acceptors (Lipinski definition) is 3. The van der Waals surface area contributed by atoms with Crippen LogP contribution in [0.1, 0.15) is 16.7 Å². The molecule has 3 N–H and O–H groups in total. The molecule has 0 unspecified atom stereocenters. The number of aromatic hydroxyl groups is 1. The van der Waals surface area contributed by atoms with Gasteiger partial charge < -0.3 is 15.3 Å². The average molecular weight is 180 g/mol. The molecule has 0 fully saturated rings. The smallest absolute Gasteiger partial charge is 0.126 e. The summed E-state index contributed by atoms with van der Waals surface area (Å²) in [5, 5.41) is 27.2. The first kappa shape index (κ1) is 9.77. The van der Waals surface area contributed by atoms with Crippen LogP contribution in [0.4, 0.5) is 0 Å². The molecule has 0 aliphatic carbocycles. The summed E-state index contributed by atoms with van der Waals surface area (Å²) in [5.74, 6) is -0.0457. The number of rotatable bonds is 3. The number of phenols is 1. The second kappa shape index (κ2) is 4.07. The lowest BCUT2D eigenvalue weighted by molar-refractivity contribution is 0.263. The molecule has 1 rings (SSSR count). The number of aliphatic hydroxyl groups is 2. The van der Waals surface area contributed by atoms with Crippen molar-refractivity contribution >= 4 is 6.08 Å². The summed E-state index contributed by atoms with van der Waals surface area (Å²) in [4.78, 5) is 0. The van der Waals surface area contributed by atoms with E-state index in [1.165, 1.54) is 0 Å². The molecule has 13 heavy (non-hydrogen) atoms. The Kier molecular flexibility index (Phi) is 3.06. The third kappa shape index (κ3) is 1.88. The Morgan fingerprint density at radius 2 is 1.62 bits per heavy atom. The van der Waals surface area contributed by atoms with Gasteiger partial charge in [-0.25, -0.2) is 0 Å². The molecule has 1 aromatic carbocycles. The topological polar surface area (TPSA) is 60.7 Å². The van der Waals surface area contributed by atoms with E-state index in [1.807, 2.05) is 0 Å². The van der Waals surface area contributed by atoms with E-state index >= 15 is 0 Å². The van der Waals surface area contributed by atoms with Gasteiger partial charge in [-0.15, -0.1) is 0 Å². The monoisotopic (exact) mass is 180 g/mol. The predicted octanol–water partition coefficient (Wildman–Crippen LogP) is 1.02. The summed E-state index contributed by atoms with van der Waals surface area (Å²) >= 11 is 0. The van der Waals surface area contributed by atoms with Gasteiger partial charge in [0, 0.05) is 11.1 Å². The molecule has 0 heterocycles. The number of aliphatic hydroxyl groups excluding tert-OH is 2. The molecule has 0 radical (unpaired) electrons. The maximum absolute atomic E-state index is 9.45. The number of hydrogen-bond donors (Lipinski definition) is 3. The van der Waals surface area contributed by atoms with Crippen LogP contribution in [0.2, 0.25) is 0 Å². The summed E-state index contributed by atoms with van der Waals surface area (Å²) in [5.41, 5.74) is 1.58. The zero-order chi connectivity index (χ0) is 9.84. The standard InChI is InChI=1S/C10H12O3/c1-2-7-3-8(5-11)10(13)9(4-7)6-12/h2-4,11-13H,1,5-6H2. The highest BCUT2D eigenvalue weighted by Gasteiger charge is 2.06. The molecule has 0 bridgehead atoms. The second-order valence-corrected chi connectivity index (χ2v) is 2.71. The van der Waals surface area contributed by atoms with Crippen LogP contribution in [0.5, 0.6) is 5.75 Å². The second-order valence-electron chi connectivity index (χ2n) is 2.71. The van der Waals surface area contributed by atoms with Crippen LogP contribution in [0.15, 0.2) is 18.7 Å². The SMILES string of the molecule is C=Cc1cc(CO)c(O)c(CO)c1. The largest absolute Gasteiger partial charge is 0.507 e. The van der Waals surface area contributed by atoms with Crippen molar-refractivity contribution in [3.63, 3.8) is 0 Å². The van der Waals surface area contributed by atoms with E-state index in [4.69, 9.17) is 10.2 Å². The Balaban J connectivity index is 3.28. The molecule has 3 heteroatoms. The Bertz CT molecular complexity index is 293. The van der Waals surface area contributed by atoms with Gasteiger partial charge in [0.25, 0.3) is 0 Å². The van der Waals surface area contributed by atoms with Crippen molar-refractivity contribution in [1.82, 2.24) is 0 Å². The van der Waals surface area contributed by atoms with Crippen LogP contribution in [0, 0.1) is 0 Å². The Morgan fingerprint density at radius 3 is 1.92 bits per heavy atom. The van der Waals surface area contributed by atoms with Crippen LogP contribution in [-0.4, -0.2) is 15.3 Å². The van der Waals surface area contributed by atoms with Gasteiger partial charge in [0.05, 0.1) is 13.2 Å². The molecular weight excluding hydrogens is 168 g/mol. The van der Waals surface area contributed by atoms with Gasteiger partial charge in [0.15, 0.2) is 0 Å². The third-order valence-corrected chi connectivity index (χ3v) is 1.87. The zero-order valence-corrected chi connectivity index (χ0v) is 7.20. The summed E-state index contributed by atoms with van der Waals surface area (Å²) < 4.78 is 0. The maximum atomic E-state index is 9.45. The minimum atomic E-state index is -0.249. The van der Waals surface area contributed by atoms with Gasteiger partial charge in [-0.1, -0.05) is 12.7 Å². The molecular formula is C10H12O3. The Hall–Kier alpha value is -1.32. The molecule has 0 spiro atoms. The summed E-state index contributed by atoms with van der Waals surface area (Å²) in [7, 11) is 0. The molecule has 0 aliphatic rings. The highest BCUT2D eigenvalue weighted by molar-refractivity contribution is 5.54. The van der Waals surface area contributed by atoms with E-state index in [9.17, 15) is 5.11 Å². The van der Waals surface area contributed by atoms with Gasteiger partial charge in [-0.05, 0) is 17.7 Å². The average Bonchev–Trinajstić information content (AvgIpc) is 2.18. The van der Waals surface area contributed by atoms with Gasteiger partial charge >= 0.3 is 0 Å². The van der Waals surface area contributed by atoms with Gasteiger partial charge in [-0.3, -0.25) is 0 Å². The van der Waals surface area contributed by atoms with Crippen molar-refractivity contribution in [2.24, 2.45) is 0 Å². The molecule has 0 amide bonds. The van der Waals surface area contributed by atoms with E-state index in [1.54, 1.807) is 18.2 Å². The lowest BCUT2D eigenvalue weighted by Crippen LogP contribution is -1.92. The first-order chi connectivity index (χ1) is 6.22. The molecule has 3 nitrogen and oxygen atoms in total. The minimum absolute atomic E-state index is 0.0457. The van der Waals surface area contributed by atoms with Gasteiger partial charge in [-0.2, -0.15) is 0 Å². The summed E-state index contributed by atoms with van der Waals surface area (Å²) in [6.45, 7) is 3.07. The Labute approximate surface area is 76.6 Å². The fraction of sp³-hybridized carbons (Fsp3) is 0.200. The van der Waals surface area contributed by atoms with Crippen LogP contribution < -0.4 is 0 Å². The molecule has 0 aromatic heterocycles. The van der Waals surface area contributed by atoms with Crippen molar-refractivity contribution in [2.75, 3.05) is 0 Å². The van der Waals surface area contributed by atoms with Gasteiger partial charge in [0.2, 0.25) is 0 Å². The van der Waals surface area contributed by atoms with Crippen molar-refractivity contribution in [2.45, 2.75) is 13.2 Å². The van der Waals surface area contributed by atoms with Gasteiger partial charge in [0.1, 0.15) is 5.75 Å². The predicted molar refractivity (Wildman–Crippen MR) is 50.0 cm³/mol. The molecule has 0 saturated heterocycles. The summed E-state index contributed by atoms with van der Waals surface area (Å²) in [6.07, 6.45) is 1.60. The first-order valence-electron chi connectivity index (χ1n) is 3.91. The minimum Gasteiger partial charge on any atom is -0.507 e. The highest BCUT2D eigenvalue weighted by Crippen LogP contribution is 2.25. The fourth-order valence-corrected chi connectivity index (χ4v) is 1.15. The van der Waals surface area contributed by atoms with E-state index in [0.29, 0.717) is 11.1 Å². The molecule has 0 aliphatic heterocycles. The van der Waals surface area contributed by atoms with E-state index < -0.39 is 0 Å². The quantitative estimate of drug-likeness (QED) is 0.650. The van der Waals surface area contributed by atoms with Crippen LogP contribution in [0.3, 0.4) is 0 Å². The maximum Gasteiger partial charge on any atom is 0.126 e. The lowest BCUT2D eigenvalue weighted by Gasteiger charge is -2.07. The Morgan fingerprint density at radius 1 is 1.15 bits per heavy atom. The van der Waals surface area contributed by atoms with Crippen molar-refractivity contribution in [3.8, 4) is 5.75 Å². The van der Waals surface area contributed by atoms with E-state index in [2.05, 4.69) is 6.58 Å². The van der Waals surface area contributed by atoms with Crippen LogP contribution in [-0.2, 0) is 13.2 Å². The molecule has 1 aromatic rings. The lowest BCUT2D eigenvalue weighted by atomic mass is 10.0. The normalized spacial score (nSPS) is 10.0. The molecule has 0 atom stereocenters. The first-order valence-corrected chi connectivity index (χ1v) is 3.91. The van der Waals surface area contributed by atoms with Crippen molar-refractivity contribution in [3.05, 3.63) is 35.4 Å². The number of benzene rings is 1. The third-order valence-electron chi connectivity index (χ3n) is 1.87.